The van der Waals surface area contributed by atoms with Crippen LogP contribution in [0.3, 0.4) is 0 Å². The second-order valence-electron chi connectivity index (χ2n) is 4.50. The predicted octanol–water partition coefficient (Wildman–Crippen LogP) is 2.92. The molecule has 0 heterocycles. The van der Waals surface area contributed by atoms with Crippen LogP contribution in [0.5, 0.6) is 5.75 Å². The first kappa shape index (κ1) is 16.6. The van der Waals surface area contributed by atoms with Crippen molar-refractivity contribution < 1.29 is 18.3 Å². The van der Waals surface area contributed by atoms with Gasteiger partial charge in [-0.15, -0.1) is 0 Å². The average molecular weight is 294 g/mol. The van der Waals surface area contributed by atoms with Gasteiger partial charge in [-0.05, 0) is 19.1 Å². The summed E-state index contributed by atoms with van der Waals surface area (Å²) in [6.45, 7) is -0.914. The van der Waals surface area contributed by atoms with Crippen molar-refractivity contribution in [2.45, 2.75) is 13.5 Å². The van der Waals surface area contributed by atoms with Gasteiger partial charge in [-0.25, -0.2) is 0 Å². The number of carbonyl (C=O) groups excluding carboxylic acids is 1. The van der Waals surface area contributed by atoms with E-state index in [0.717, 1.165) is 0 Å². The van der Waals surface area contributed by atoms with Gasteiger partial charge in [-0.3, -0.25) is 4.79 Å². The van der Waals surface area contributed by atoms with Crippen molar-refractivity contribution in [2.75, 3.05) is 13.6 Å². The fourth-order valence-corrected chi connectivity index (χ4v) is 1.65. The smallest absolute Gasteiger partial charge is 0.387 e. The average Bonchev–Trinajstić information content (AvgIpc) is 2.45. The maximum atomic E-state index is 12.3. The topological polar surface area (TPSA) is 53.3 Å². The molecule has 0 aliphatic heterocycles. The molecule has 0 saturated carbocycles. The minimum atomic E-state index is -2.92. The van der Waals surface area contributed by atoms with E-state index in [0.29, 0.717) is 12.1 Å². The molecule has 112 valence electrons. The summed E-state index contributed by atoms with van der Waals surface area (Å²) >= 11 is 0. The molecule has 1 amide bonds. The van der Waals surface area contributed by atoms with Gasteiger partial charge in [-0.2, -0.15) is 14.0 Å². The van der Waals surface area contributed by atoms with Gasteiger partial charge in [0.2, 0.25) is 5.91 Å². The second-order valence-corrected chi connectivity index (χ2v) is 4.50. The summed E-state index contributed by atoms with van der Waals surface area (Å²) in [5, 5.41) is 8.70. The highest BCUT2D eigenvalue weighted by Gasteiger charge is 2.10. The predicted molar refractivity (Wildman–Crippen MR) is 74.5 cm³/mol. The minimum absolute atomic E-state index is 0.00426. The molecule has 0 aliphatic rings. The quantitative estimate of drug-likeness (QED) is 0.758. The van der Waals surface area contributed by atoms with E-state index in [1.54, 1.807) is 32.2 Å². The minimum Gasteiger partial charge on any atom is -0.434 e. The van der Waals surface area contributed by atoms with Gasteiger partial charge in [0.15, 0.2) is 0 Å². The lowest BCUT2D eigenvalue weighted by Crippen LogP contribution is -2.29. The van der Waals surface area contributed by atoms with Gasteiger partial charge in [-0.1, -0.05) is 18.2 Å². The van der Waals surface area contributed by atoms with E-state index < -0.39 is 6.61 Å². The van der Waals surface area contributed by atoms with E-state index in [1.165, 1.54) is 23.1 Å². The van der Waals surface area contributed by atoms with Crippen molar-refractivity contribution in [1.29, 1.82) is 5.26 Å². The van der Waals surface area contributed by atoms with Crippen LogP contribution in [0.4, 0.5) is 8.78 Å². The van der Waals surface area contributed by atoms with Crippen LogP contribution in [-0.2, 0) is 4.79 Å². The molecule has 0 bridgehead atoms. The number of hydrogen-bond donors (Lipinski definition) is 0. The number of nitriles is 1. The van der Waals surface area contributed by atoms with Crippen LogP contribution in [0.2, 0.25) is 0 Å². The fourth-order valence-electron chi connectivity index (χ4n) is 1.65. The molecule has 1 atom stereocenters. The number of likely N-dealkylation sites (N-methyl/N-ethyl adjacent to an activating group) is 1. The molecular formula is C15H16F2N2O2. The normalized spacial score (nSPS) is 12.2. The maximum Gasteiger partial charge on any atom is 0.387 e. The molecule has 4 nitrogen and oxygen atoms in total. The zero-order valence-corrected chi connectivity index (χ0v) is 11.8. The summed E-state index contributed by atoms with van der Waals surface area (Å²) in [5.41, 5.74) is 0.382. The Hall–Kier alpha value is -2.42. The van der Waals surface area contributed by atoms with Gasteiger partial charge < -0.3 is 9.64 Å². The number of hydrogen-bond acceptors (Lipinski definition) is 3. The van der Waals surface area contributed by atoms with Crippen LogP contribution in [0.15, 0.2) is 30.3 Å². The first-order chi connectivity index (χ1) is 9.93. The summed E-state index contributed by atoms with van der Waals surface area (Å²) in [6.07, 6.45) is 2.67. The Morgan fingerprint density at radius 1 is 1.48 bits per heavy atom. The summed E-state index contributed by atoms with van der Waals surface area (Å²) in [4.78, 5) is 13.2. The third-order valence-corrected chi connectivity index (χ3v) is 2.68. The molecule has 0 N–H and O–H groups in total. The highest BCUT2D eigenvalue weighted by atomic mass is 19.3. The number of halogens is 2. The zero-order chi connectivity index (χ0) is 15.8. The fraction of sp³-hybridized carbons (Fsp3) is 0.333. The Bertz CT molecular complexity index is 553. The molecule has 21 heavy (non-hydrogen) atoms. The monoisotopic (exact) mass is 294 g/mol. The van der Waals surface area contributed by atoms with Crippen molar-refractivity contribution in [1.82, 2.24) is 4.90 Å². The highest BCUT2D eigenvalue weighted by molar-refractivity contribution is 5.92. The van der Waals surface area contributed by atoms with Crippen LogP contribution in [0.1, 0.15) is 12.5 Å². The number of amides is 1. The molecule has 0 unspecified atom stereocenters. The van der Waals surface area contributed by atoms with Crippen LogP contribution < -0.4 is 4.74 Å². The summed E-state index contributed by atoms with van der Waals surface area (Å²) in [7, 11) is 1.57. The number of ether oxygens (including phenoxy) is 1. The molecule has 0 spiro atoms. The lowest BCUT2D eigenvalue weighted by molar-refractivity contribution is -0.125. The van der Waals surface area contributed by atoms with Crippen molar-refractivity contribution in [2.24, 2.45) is 5.92 Å². The van der Waals surface area contributed by atoms with E-state index in [2.05, 4.69) is 4.74 Å². The Kier molecular flexibility index (Phi) is 6.34. The summed E-state index contributed by atoms with van der Waals surface area (Å²) in [5.74, 6) is -0.588. The third kappa shape index (κ3) is 5.61. The number of alkyl halides is 2. The summed E-state index contributed by atoms with van der Waals surface area (Å²) in [6, 6.07) is 8.23. The SMILES string of the molecule is C[C@@H](C#N)CN(C)C(=O)/C=C\c1ccccc1OC(F)F. The van der Waals surface area contributed by atoms with Gasteiger partial charge in [0.05, 0.1) is 12.0 Å². The van der Waals surface area contributed by atoms with Crippen LogP contribution in [-0.4, -0.2) is 31.0 Å². The van der Waals surface area contributed by atoms with Crippen LogP contribution in [0.25, 0.3) is 6.08 Å². The van der Waals surface area contributed by atoms with Crippen LogP contribution in [0, 0.1) is 17.2 Å². The number of benzene rings is 1. The van der Waals surface area contributed by atoms with Crippen molar-refractivity contribution in [3.8, 4) is 11.8 Å². The van der Waals surface area contributed by atoms with Gasteiger partial charge in [0.25, 0.3) is 0 Å². The van der Waals surface area contributed by atoms with E-state index in [1.807, 2.05) is 6.07 Å². The molecule has 1 aromatic carbocycles. The molecule has 1 rings (SSSR count). The Labute approximate surface area is 122 Å². The molecule has 6 heteroatoms. The molecule has 1 aromatic rings. The Morgan fingerprint density at radius 3 is 2.76 bits per heavy atom. The maximum absolute atomic E-state index is 12.3. The standard InChI is InChI=1S/C15H16F2N2O2/c1-11(9-18)10-19(2)14(20)8-7-12-5-3-4-6-13(12)21-15(16)17/h3-8,11,15H,10H2,1-2H3/b8-7-/t11-/m0/s1. The zero-order valence-electron chi connectivity index (χ0n) is 11.8. The Morgan fingerprint density at radius 2 is 2.14 bits per heavy atom. The van der Waals surface area contributed by atoms with E-state index in [-0.39, 0.29) is 17.6 Å². The first-order valence-electron chi connectivity index (χ1n) is 6.30. The lowest BCUT2D eigenvalue weighted by atomic mass is 10.1. The first-order valence-corrected chi connectivity index (χ1v) is 6.30. The molecule has 0 saturated heterocycles. The number of nitrogens with zero attached hydrogens (tertiary/aromatic N) is 2. The largest absolute Gasteiger partial charge is 0.434 e. The number of para-hydroxylation sites is 1. The molecule has 0 aliphatic carbocycles. The van der Waals surface area contributed by atoms with Crippen molar-refractivity contribution in [3.63, 3.8) is 0 Å². The van der Waals surface area contributed by atoms with Crippen LogP contribution >= 0.6 is 0 Å². The van der Waals surface area contributed by atoms with E-state index in [4.69, 9.17) is 5.26 Å². The van der Waals surface area contributed by atoms with E-state index in [9.17, 15) is 13.6 Å². The molecule has 0 aromatic heterocycles. The highest BCUT2D eigenvalue weighted by Crippen LogP contribution is 2.21. The summed E-state index contributed by atoms with van der Waals surface area (Å²) < 4.78 is 28.9. The Balaban J connectivity index is 2.76. The lowest BCUT2D eigenvalue weighted by Gasteiger charge is -2.16. The van der Waals surface area contributed by atoms with Crippen molar-refractivity contribution in [3.05, 3.63) is 35.9 Å². The second kappa shape index (κ2) is 8.00. The number of carbonyl (C=O) groups is 1. The molecule has 0 radical (unpaired) electrons. The number of rotatable bonds is 6. The van der Waals surface area contributed by atoms with Crippen molar-refractivity contribution >= 4 is 12.0 Å². The molecule has 0 fully saturated rings. The van der Waals surface area contributed by atoms with Gasteiger partial charge in [0, 0.05) is 25.2 Å². The van der Waals surface area contributed by atoms with Gasteiger partial charge in [0.1, 0.15) is 5.75 Å². The van der Waals surface area contributed by atoms with Gasteiger partial charge >= 0.3 is 6.61 Å². The van der Waals surface area contributed by atoms with E-state index >= 15 is 0 Å². The molecular weight excluding hydrogens is 278 g/mol. The third-order valence-electron chi connectivity index (χ3n) is 2.68.